The first-order valence-electron chi connectivity index (χ1n) is 6.01. The Morgan fingerprint density at radius 1 is 1.33 bits per heavy atom. The van der Waals surface area contributed by atoms with Crippen molar-refractivity contribution >= 4 is 22.6 Å². The first-order valence-corrected chi connectivity index (χ1v) is 6.01. The zero-order valence-corrected chi connectivity index (χ0v) is 10.4. The van der Waals surface area contributed by atoms with Gasteiger partial charge in [0, 0.05) is 5.39 Å². The van der Waals surface area contributed by atoms with Gasteiger partial charge in [-0.3, -0.25) is 4.79 Å². The zero-order valence-electron chi connectivity index (χ0n) is 10.4. The Labute approximate surface area is 105 Å². The van der Waals surface area contributed by atoms with Crippen LogP contribution in [0.1, 0.15) is 25.3 Å². The lowest BCUT2D eigenvalue weighted by atomic mass is 10.0. The van der Waals surface area contributed by atoms with Crippen LogP contribution in [0.25, 0.3) is 10.9 Å². The number of rotatable bonds is 1. The molecule has 18 heavy (non-hydrogen) atoms. The van der Waals surface area contributed by atoms with Gasteiger partial charge in [0.15, 0.2) is 18.2 Å². The predicted molar refractivity (Wildman–Crippen MR) is 70.0 cm³/mol. The van der Waals surface area contributed by atoms with Crippen LogP contribution < -0.4 is 10.1 Å². The second kappa shape index (κ2) is 3.98. The maximum absolute atomic E-state index is 11.2. The van der Waals surface area contributed by atoms with Crippen LogP contribution in [0.2, 0.25) is 0 Å². The number of carbonyl (C=O) groups is 1. The molecule has 2 aromatic rings. The highest BCUT2D eigenvalue weighted by Crippen LogP contribution is 2.30. The van der Waals surface area contributed by atoms with E-state index in [-0.39, 0.29) is 12.5 Å². The highest BCUT2D eigenvalue weighted by Gasteiger charge is 2.18. The van der Waals surface area contributed by atoms with E-state index in [4.69, 9.17) is 4.74 Å². The Balaban J connectivity index is 2.15. The van der Waals surface area contributed by atoms with E-state index in [0.717, 1.165) is 10.9 Å². The largest absolute Gasteiger partial charge is 0.480 e. The van der Waals surface area contributed by atoms with Crippen molar-refractivity contribution in [2.24, 2.45) is 0 Å². The number of amides is 1. The third-order valence-corrected chi connectivity index (χ3v) is 3.09. The summed E-state index contributed by atoms with van der Waals surface area (Å²) in [7, 11) is 0. The number of hydrogen-bond donors (Lipinski definition) is 1. The summed E-state index contributed by atoms with van der Waals surface area (Å²) in [4.78, 5) is 15.6. The minimum atomic E-state index is -0.159. The maximum Gasteiger partial charge on any atom is 0.263 e. The molecule has 0 saturated heterocycles. The van der Waals surface area contributed by atoms with E-state index in [9.17, 15) is 4.79 Å². The highest BCUT2D eigenvalue weighted by atomic mass is 16.5. The normalized spacial score (nSPS) is 14.3. The van der Waals surface area contributed by atoms with Crippen molar-refractivity contribution in [1.82, 2.24) is 4.98 Å². The fraction of sp³-hybridized carbons (Fsp3) is 0.286. The van der Waals surface area contributed by atoms with Gasteiger partial charge < -0.3 is 10.1 Å². The number of pyridine rings is 1. The molecule has 0 fully saturated rings. The third-order valence-electron chi connectivity index (χ3n) is 3.09. The van der Waals surface area contributed by atoms with Crippen LogP contribution in [0.4, 0.5) is 5.82 Å². The van der Waals surface area contributed by atoms with Gasteiger partial charge >= 0.3 is 0 Å². The lowest BCUT2D eigenvalue weighted by Gasteiger charge is -2.17. The second-order valence-electron chi connectivity index (χ2n) is 4.78. The van der Waals surface area contributed by atoms with Gasteiger partial charge in [-0.1, -0.05) is 19.9 Å². The first-order chi connectivity index (χ1) is 8.63. The minimum Gasteiger partial charge on any atom is -0.480 e. The van der Waals surface area contributed by atoms with Crippen LogP contribution in [0.5, 0.6) is 5.75 Å². The van der Waals surface area contributed by atoms with Crippen LogP contribution in [0.15, 0.2) is 24.3 Å². The van der Waals surface area contributed by atoms with Crippen LogP contribution in [-0.4, -0.2) is 17.5 Å². The molecule has 1 aliphatic heterocycles. The first kappa shape index (κ1) is 11.0. The molecule has 1 aliphatic rings. The number of fused-ring (bicyclic) bond motifs is 2. The van der Waals surface area contributed by atoms with Crippen LogP contribution in [0.3, 0.4) is 0 Å². The average Bonchev–Trinajstić information content (AvgIpc) is 2.35. The van der Waals surface area contributed by atoms with Gasteiger partial charge in [0.05, 0.1) is 5.52 Å². The number of nitrogens with zero attached hydrogens (tertiary/aromatic N) is 1. The van der Waals surface area contributed by atoms with Crippen molar-refractivity contribution in [2.75, 3.05) is 11.9 Å². The monoisotopic (exact) mass is 242 g/mol. The minimum absolute atomic E-state index is 0.0596. The molecule has 0 unspecified atom stereocenters. The van der Waals surface area contributed by atoms with E-state index in [2.05, 4.69) is 36.3 Å². The molecule has 0 bridgehead atoms. The Kier molecular flexibility index (Phi) is 2.44. The number of anilines is 1. The van der Waals surface area contributed by atoms with E-state index < -0.39 is 0 Å². The smallest absolute Gasteiger partial charge is 0.263 e. The van der Waals surface area contributed by atoms with Gasteiger partial charge in [-0.25, -0.2) is 4.98 Å². The van der Waals surface area contributed by atoms with Crippen molar-refractivity contribution < 1.29 is 9.53 Å². The standard InChI is InChI=1S/C14H14N2O2/c1-8(2)9-3-4-11-10(5-9)6-12-14(15-11)16-13(17)7-18-12/h3-6,8H,7H2,1-2H3,(H,15,16,17). The number of hydrogen-bond acceptors (Lipinski definition) is 3. The summed E-state index contributed by atoms with van der Waals surface area (Å²) in [5, 5.41) is 3.75. The fourth-order valence-corrected chi connectivity index (χ4v) is 2.05. The molecule has 1 aromatic heterocycles. The number of ether oxygens (including phenoxy) is 1. The predicted octanol–water partition coefficient (Wildman–Crippen LogP) is 2.69. The van der Waals surface area contributed by atoms with Gasteiger partial charge in [-0.05, 0) is 29.7 Å². The van der Waals surface area contributed by atoms with Crippen molar-refractivity contribution in [2.45, 2.75) is 19.8 Å². The van der Waals surface area contributed by atoms with Crippen molar-refractivity contribution in [3.63, 3.8) is 0 Å². The fourth-order valence-electron chi connectivity index (χ4n) is 2.05. The Morgan fingerprint density at radius 2 is 2.17 bits per heavy atom. The maximum atomic E-state index is 11.2. The molecular weight excluding hydrogens is 228 g/mol. The van der Waals surface area contributed by atoms with Crippen LogP contribution >= 0.6 is 0 Å². The van der Waals surface area contributed by atoms with Gasteiger partial charge in [-0.15, -0.1) is 0 Å². The highest BCUT2D eigenvalue weighted by molar-refractivity contribution is 5.96. The molecular formula is C14H14N2O2. The molecule has 0 radical (unpaired) electrons. The van der Waals surface area contributed by atoms with E-state index in [1.54, 1.807) is 0 Å². The molecule has 0 spiro atoms. The lowest BCUT2D eigenvalue weighted by molar-refractivity contribution is -0.118. The molecule has 0 atom stereocenters. The van der Waals surface area contributed by atoms with Crippen molar-refractivity contribution in [3.05, 3.63) is 29.8 Å². The number of benzene rings is 1. The third kappa shape index (κ3) is 1.79. The van der Waals surface area contributed by atoms with E-state index in [1.165, 1.54) is 5.56 Å². The second-order valence-corrected chi connectivity index (χ2v) is 4.78. The molecule has 0 saturated carbocycles. The van der Waals surface area contributed by atoms with E-state index in [1.807, 2.05) is 12.1 Å². The van der Waals surface area contributed by atoms with Gasteiger partial charge in [-0.2, -0.15) is 0 Å². The molecule has 1 N–H and O–H groups in total. The Bertz CT molecular complexity index is 635. The molecule has 4 heteroatoms. The molecule has 0 aliphatic carbocycles. The number of carbonyl (C=O) groups excluding carboxylic acids is 1. The van der Waals surface area contributed by atoms with E-state index >= 15 is 0 Å². The van der Waals surface area contributed by atoms with Gasteiger partial charge in [0.2, 0.25) is 0 Å². The Morgan fingerprint density at radius 3 is 2.94 bits per heavy atom. The van der Waals surface area contributed by atoms with Crippen LogP contribution in [-0.2, 0) is 4.79 Å². The quantitative estimate of drug-likeness (QED) is 0.836. The molecule has 1 aromatic carbocycles. The molecule has 92 valence electrons. The summed E-state index contributed by atoms with van der Waals surface area (Å²) >= 11 is 0. The average molecular weight is 242 g/mol. The summed E-state index contributed by atoms with van der Waals surface area (Å²) < 4.78 is 5.37. The summed E-state index contributed by atoms with van der Waals surface area (Å²) in [6.45, 7) is 4.37. The zero-order chi connectivity index (χ0) is 12.7. The number of nitrogens with one attached hydrogen (secondary N) is 1. The molecule has 1 amide bonds. The summed E-state index contributed by atoms with van der Waals surface area (Å²) in [6.07, 6.45) is 0. The Hall–Kier alpha value is -2.10. The summed E-state index contributed by atoms with van der Waals surface area (Å²) in [6, 6.07) is 8.10. The topological polar surface area (TPSA) is 51.2 Å². The summed E-state index contributed by atoms with van der Waals surface area (Å²) in [5.74, 6) is 1.47. The lowest BCUT2D eigenvalue weighted by Crippen LogP contribution is -2.26. The molecule has 4 nitrogen and oxygen atoms in total. The van der Waals surface area contributed by atoms with Gasteiger partial charge in [0.1, 0.15) is 0 Å². The molecule has 2 heterocycles. The molecule has 3 rings (SSSR count). The summed E-state index contributed by atoms with van der Waals surface area (Å²) in [5.41, 5.74) is 2.13. The van der Waals surface area contributed by atoms with Crippen LogP contribution in [0, 0.1) is 0 Å². The van der Waals surface area contributed by atoms with Crippen molar-refractivity contribution in [3.8, 4) is 5.75 Å². The number of aromatic nitrogens is 1. The van der Waals surface area contributed by atoms with Gasteiger partial charge in [0.25, 0.3) is 5.91 Å². The SMILES string of the molecule is CC(C)c1ccc2nc3c(cc2c1)OCC(=O)N3. The van der Waals surface area contributed by atoms with E-state index in [0.29, 0.717) is 17.5 Å². The van der Waals surface area contributed by atoms with Crippen molar-refractivity contribution in [1.29, 1.82) is 0 Å².